The number of aromatic nitrogens is 1. The molecule has 2 rings (SSSR count). The summed E-state index contributed by atoms with van der Waals surface area (Å²) in [5.41, 5.74) is 5.73. The highest BCUT2D eigenvalue weighted by Crippen LogP contribution is 2.17. The molecule has 2 aromatic rings. The Hall–Kier alpha value is -2.44. The van der Waals surface area contributed by atoms with Gasteiger partial charge in [-0.15, -0.1) is 0 Å². The minimum atomic E-state index is -1.13. The zero-order chi connectivity index (χ0) is 14.0. The number of hydrogen-bond donors (Lipinski definition) is 2. The maximum Gasteiger partial charge on any atom is 0.253 e. The number of nitrogens with one attached hydrogen (secondary N) is 1. The number of anilines is 1. The van der Waals surface area contributed by atoms with Crippen LogP contribution in [0.4, 0.5) is 14.5 Å². The average molecular weight is 267 g/mol. The van der Waals surface area contributed by atoms with Gasteiger partial charge < -0.3 is 15.6 Å². The van der Waals surface area contributed by atoms with Crippen LogP contribution in [0.15, 0.2) is 22.7 Å². The maximum absolute atomic E-state index is 13.0. The van der Waals surface area contributed by atoms with E-state index in [-0.39, 0.29) is 17.8 Å². The Bertz CT molecular complexity index is 625. The van der Waals surface area contributed by atoms with Crippen molar-refractivity contribution in [3.05, 3.63) is 46.9 Å². The highest BCUT2D eigenvalue weighted by atomic mass is 19.2. The van der Waals surface area contributed by atoms with Crippen molar-refractivity contribution in [1.29, 1.82) is 0 Å². The minimum absolute atomic E-state index is 0.106. The number of carbonyl (C=O) groups excluding carboxylic acids is 1. The summed E-state index contributed by atoms with van der Waals surface area (Å²) in [7, 11) is 0. The molecule has 7 heteroatoms. The molecule has 0 aliphatic heterocycles. The molecule has 0 bridgehead atoms. The van der Waals surface area contributed by atoms with Crippen molar-refractivity contribution in [2.45, 2.75) is 13.5 Å². The number of rotatable bonds is 3. The van der Waals surface area contributed by atoms with Gasteiger partial charge in [0.1, 0.15) is 11.5 Å². The average Bonchev–Trinajstić information content (AvgIpc) is 2.77. The molecule has 0 atom stereocenters. The molecular weight excluding hydrogens is 256 g/mol. The third-order valence-electron chi connectivity index (χ3n) is 2.44. The summed E-state index contributed by atoms with van der Waals surface area (Å²) in [4.78, 5) is 11.8. The highest BCUT2D eigenvalue weighted by Gasteiger charge is 2.14. The Kier molecular flexibility index (Phi) is 3.46. The molecule has 0 radical (unpaired) electrons. The summed E-state index contributed by atoms with van der Waals surface area (Å²) in [6.07, 6.45) is 0. The predicted molar refractivity (Wildman–Crippen MR) is 63.2 cm³/mol. The Balaban J connectivity index is 2.10. The molecule has 1 aromatic heterocycles. The van der Waals surface area contributed by atoms with Crippen molar-refractivity contribution < 1.29 is 18.1 Å². The van der Waals surface area contributed by atoms with Crippen LogP contribution in [0, 0.1) is 18.6 Å². The van der Waals surface area contributed by atoms with Crippen LogP contribution >= 0.6 is 0 Å². The lowest BCUT2D eigenvalue weighted by atomic mass is 10.1. The summed E-state index contributed by atoms with van der Waals surface area (Å²) < 4.78 is 30.7. The standard InChI is InChI=1S/C12H11F2N3O2/c1-6-2-7(17-19-6)5-16-12(18)8-3-9(13)10(14)4-11(8)15/h2-4H,5,15H2,1H3,(H,16,18). The van der Waals surface area contributed by atoms with Gasteiger partial charge in [0, 0.05) is 17.8 Å². The smallest absolute Gasteiger partial charge is 0.253 e. The van der Waals surface area contributed by atoms with E-state index in [9.17, 15) is 13.6 Å². The van der Waals surface area contributed by atoms with Gasteiger partial charge in [0.05, 0.1) is 12.1 Å². The molecule has 1 heterocycles. The van der Waals surface area contributed by atoms with Crippen LogP contribution in [0.1, 0.15) is 21.8 Å². The summed E-state index contributed by atoms with van der Waals surface area (Å²) in [6.45, 7) is 1.82. The van der Waals surface area contributed by atoms with Gasteiger partial charge >= 0.3 is 0 Å². The third kappa shape index (κ3) is 2.87. The van der Waals surface area contributed by atoms with E-state index in [4.69, 9.17) is 10.3 Å². The lowest BCUT2D eigenvalue weighted by Crippen LogP contribution is -2.24. The molecule has 3 N–H and O–H groups in total. The zero-order valence-electron chi connectivity index (χ0n) is 10.0. The van der Waals surface area contributed by atoms with Crippen LogP contribution in [0.25, 0.3) is 0 Å². The second-order valence-electron chi connectivity index (χ2n) is 3.97. The Morgan fingerprint density at radius 3 is 2.68 bits per heavy atom. The van der Waals surface area contributed by atoms with E-state index >= 15 is 0 Å². The molecule has 0 saturated heterocycles. The van der Waals surface area contributed by atoms with E-state index in [0.717, 1.165) is 12.1 Å². The molecule has 0 aliphatic carbocycles. The molecule has 100 valence electrons. The van der Waals surface area contributed by atoms with Gasteiger partial charge in [-0.25, -0.2) is 8.78 Å². The Labute approximate surface area is 107 Å². The lowest BCUT2D eigenvalue weighted by molar-refractivity contribution is 0.0950. The van der Waals surface area contributed by atoms with Crippen molar-refractivity contribution in [3.63, 3.8) is 0 Å². The Morgan fingerprint density at radius 1 is 1.37 bits per heavy atom. The van der Waals surface area contributed by atoms with Crippen LogP contribution in [0.3, 0.4) is 0 Å². The third-order valence-corrected chi connectivity index (χ3v) is 2.44. The number of hydrogen-bond acceptors (Lipinski definition) is 4. The molecule has 0 saturated carbocycles. The quantitative estimate of drug-likeness (QED) is 0.830. The second kappa shape index (κ2) is 5.05. The van der Waals surface area contributed by atoms with Crippen LogP contribution in [0.5, 0.6) is 0 Å². The number of carbonyl (C=O) groups is 1. The van der Waals surface area contributed by atoms with Crippen LogP contribution in [-0.2, 0) is 6.54 Å². The van der Waals surface area contributed by atoms with E-state index in [2.05, 4.69) is 10.5 Å². The number of benzene rings is 1. The normalized spacial score (nSPS) is 10.5. The van der Waals surface area contributed by atoms with E-state index in [1.165, 1.54) is 0 Å². The van der Waals surface area contributed by atoms with Gasteiger partial charge in [0.25, 0.3) is 5.91 Å². The van der Waals surface area contributed by atoms with Gasteiger partial charge in [-0.3, -0.25) is 4.79 Å². The molecule has 1 amide bonds. The van der Waals surface area contributed by atoms with Gasteiger partial charge in [0.2, 0.25) is 0 Å². The fourth-order valence-corrected chi connectivity index (χ4v) is 1.53. The zero-order valence-corrected chi connectivity index (χ0v) is 10.0. The van der Waals surface area contributed by atoms with E-state index in [1.54, 1.807) is 13.0 Å². The SMILES string of the molecule is Cc1cc(CNC(=O)c2cc(F)c(F)cc2N)no1. The molecular formula is C12H11F2N3O2. The fraction of sp³-hybridized carbons (Fsp3) is 0.167. The van der Waals surface area contributed by atoms with Gasteiger partial charge in [-0.1, -0.05) is 5.16 Å². The summed E-state index contributed by atoms with van der Waals surface area (Å²) in [5, 5.41) is 6.17. The van der Waals surface area contributed by atoms with E-state index in [0.29, 0.717) is 11.5 Å². The number of nitrogens with two attached hydrogens (primary N) is 1. The summed E-state index contributed by atoms with van der Waals surface area (Å²) >= 11 is 0. The van der Waals surface area contributed by atoms with Crippen molar-refractivity contribution in [3.8, 4) is 0 Å². The fourth-order valence-electron chi connectivity index (χ4n) is 1.53. The first-order valence-corrected chi connectivity index (χ1v) is 5.42. The number of amides is 1. The van der Waals surface area contributed by atoms with Crippen LogP contribution in [0.2, 0.25) is 0 Å². The first-order valence-electron chi connectivity index (χ1n) is 5.42. The number of halogens is 2. The second-order valence-corrected chi connectivity index (χ2v) is 3.97. The molecule has 19 heavy (non-hydrogen) atoms. The van der Waals surface area contributed by atoms with Gasteiger partial charge in [-0.05, 0) is 13.0 Å². The summed E-state index contributed by atoms with van der Waals surface area (Å²) in [6, 6.07) is 3.17. The number of nitrogens with zero attached hydrogens (tertiary/aromatic N) is 1. The predicted octanol–water partition coefficient (Wildman–Crippen LogP) is 1.77. The maximum atomic E-state index is 13.0. The topological polar surface area (TPSA) is 81.2 Å². The van der Waals surface area contributed by atoms with Crippen LogP contribution in [-0.4, -0.2) is 11.1 Å². The molecule has 0 unspecified atom stereocenters. The molecule has 0 fully saturated rings. The van der Waals surface area contributed by atoms with Crippen molar-refractivity contribution in [2.24, 2.45) is 0 Å². The Morgan fingerprint density at radius 2 is 2.05 bits per heavy atom. The monoisotopic (exact) mass is 267 g/mol. The largest absolute Gasteiger partial charge is 0.398 e. The molecule has 1 aromatic carbocycles. The van der Waals surface area contributed by atoms with Crippen LogP contribution < -0.4 is 11.1 Å². The molecule has 5 nitrogen and oxygen atoms in total. The van der Waals surface area contributed by atoms with Gasteiger partial charge in [-0.2, -0.15) is 0 Å². The molecule has 0 spiro atoms. The lowest BCUT2D eigenvalue weighted by Gasteiger charge is -2.06. The first-order chi connectivity index (χ1) is 8.97. The van der Waals surface area contributed by atoms with E-state index in [1.807, 2.05) is 0 Å². The van der Waals surface area contributed by atoms with Crippen molar-refractivity contribution in [1.82, 2.24) is 10.5 Å². The minimum Gasteiger partial charge on any atom is -0.398 e. The van der Waals surface area contributed by atoms with Crippen molar-refractivity contribution in [2.75, 3.05) is 5.73 Å². The van der Waals surface area contributed by atoms with Crippen molar-refractivity contribution >= 4 is 11.6 Å². The number of nitrogen functional groups attached to an aromatic ring is 1. The number of aryl methyl sites for hydroxylation is 1. The van der Waals surface area contributed by atoms with E-state index < -0.39 is 17.5 Å². The first kappa shape index (κ1) is 13.0. The molecule has 0 aliphatic rings. The summed E-state index contributed by atoms with van der Waals surface area (Å²) in [5.74, 6) is -2.23. The highest BCUT2D eigenvalue weighted by molar-refractivity contribution is 5.99. The van der Waals surface area contributed by atoms with Gasteiger partial charge in [0.15, 0.2) is 11.6 Å².